The van der Waals surface area contributed by atoms with Gasteiger partial charge in [0, 0.05) is 78.4 Å². The molecule has 1 saturated heterocycles. The quantitative estimate of drug-likeness (QED) is 0.156. The van der Waals surface area contributed by atoms with Crippen LogP contribution in [0.15, 0.2) is 30.2 Å². The number of hydrogen-bond acceptors (Lipinski definition) is 7. The number of aryl methyl sites for hydroxylation is 2. The number of amides is 1. The van der Waals surface area contributed by atoms with Gasteiger partial charge in [0.25, 0.3) is 0 Å². The molecule has 2 bridgehead atoms. The number of likely N-dealkylation sites (tertiary alicyclic amines) is 1. The number of hydrogen-bond donors (Lipinski definition) is 4. The summed E-state index contributed by atoms with van der Waals surface area (Å²) >= 11 is 6.04. The van der Waals surface area contributed by atoms with Gasteiger partial charge in [-0.3, -0.25) is 9.59 Å². The number of aromatic nitrogens is 2. The van der Waals surface area contributed by atoms with Crippen molar-refractivity contribution in [1.29, 1.82) is 0 Å². The highest BCUT2D eigenvalue weighted by atomic mass is 35.5. The molecule has 3 aromatic rings. The first kappa shape index (κ1) is 31.8. The molecule has 240 valence electrons. The van der Waals surface area contributed by atoms with Crippen molar-refractivity contribution in [3.8, 4) is 5.75 Å². The molecule has 1 unspecified atom stereocenters. The summed E-state index contributed by atoms with van der Waals surface area (Å²) in [4.78, 5) is 61.8. The molecule has 4 aliphatic carbocycles. The molecule has 4 N–H and O–H groups in total. The number of nitrogens with zero attached hydrogens (tertiary/aromatic N) is 2. The Morgan fingerprint density at radius 3 is 2.40 bits per heavy atom. The second kappa shape index (κ2) is 11.3. The number of benzene rings is 1. The Balaban J connectivity index is 0.000000130. The van der Waals surface area contributed by atoms with Gasteiger partial charge in [0.2, 0.25) is 12.2 Å². The van der Waals surface area contributed by atoms with Crippen molar-refractivity contribution in [3.63, 3.8) is 0 Å². The number of likely N-dealkylation sites (N-methyl/N-ethyl adjacent to an activating group) is 1. The molecule has 3 saturated carbocycles. The number of anilines is 1. The summed E-state index contributed by atoms with van der Waals surface area (Å²) in [5, 5.41) is 0.925. The number of aromatic amines is 2. The van der Waals surface area contributed by atoms with Crippen molar-refractivity contribution in [1.82, 2.24) is 14.9 Å². The third kappa shape index (κ3) is 5.10. The lowest BCUT2D eigenvalue weighted by molar-refractivity contribution is -0.184. The van der Waals surface area contributed by atoms with Gasteiger partial charge in [-0.2, -0.15) is 0 Å². The van der Waals surface area contributed by atoms with Crippen LogP contribution >= 0.6 is 20.2 Å². The Bertz CT molecular complexity index is 1710. The molecule has 1 amide bonds. The highest BCUT2D eigenvalue weighted by molar-refractivity contribution is 7.39. The van der Waals surface area contributed by atoms with Crippen molar-refractivity contribution in [2.75, 3.05) is 30.9 Å². The molecule has 1 aromatic carbocycles. The largest absolute Gasteiger partial charge is 0.425 e. The summed E-state index contributed by atoms with van der Waals surface area (Å²) in [7, 11) is -0.467. The number of rotatable bonds is 5. The Labute approximate surface area is 268 Å². The van der Waals surface area contributed by atoms with Gasteiger partial charge in [-0.1, -0.05) is 6.92 Å². The van der Waals surface area contributed by atoms with E-state index in [4.69, 9.17) is 25.9 Å². The minimum absolute atomic E-state index is 0.0298. The zero-order valence-electron chi connectivity index (χ0n) is 26.2. The second-order valence-corrected chi connectivity index (χ2v) is 14.9. The number of fused-ring (bicyclic) bond motifs is 6. The normalized spacial score (nSPS) is 28.5. The van der Waals surface area contributed by atoms with E-state index in [0.29, 0.717) is 34.8 Å². The third-order valence-electron chi connectivity index (χ3n) is 10.4. The fourth-order valence-corrected chi connectivity index (χ4v) is 9.23. The van der Waals surface area contributed by atoms with Crippen molar-refractivity contribution in [2.24, 2.45) is 10.8 Å². The fourth-order valence-electron chi connectivity index (χ4n) is 8.66. The Kier molecular flexibility index (Phi) is 7.96. The first-order valence-corrected chi connectivity index (χ1v) is 16.9. The summed E-state index contributed by atoms with van der Waals surface area (Å²) in [5.41, 5.74) is 8.58. The summed E-state index contributed by atoms with van der Waals surface area (Å²) in [6.45, 7) is 10.1. The minimum atomic E-state index is -2.53. The van der Waals surface area contributed by atoms with Crippen LogP contribution in [0.3, 0.4) is 0 Å². The molecular formula is C33H40ClN4O6P. The molecule has 2 aliphatic heterocycles. The average Bonchev–Trinajstić information content (AvgIpc) is 3.72. The average molecular weight is 655 g/mol. The van der Waals surface area contributed by atoms with E-state index in [2.05, 4.69) is 42.7 Å². The van der Waals surface area contributed by atoms with E-state index in [9.17, 15) is 14.4 Å². The number of aldehydes is 1. The van der Waals surface area contributed by atoms with Gasteiger partial charge in [0.05, 0.1) is 16.9 Å². The molecule has 2 atom stereocenters. The van der Waals surface area contributed by atoms with Crippen LogP contribution in [0.2, 0.25) is 0 Å². The standard InChI is InChI=1S/C13H14ClN2O4P.C13H16N2O.C7H10O/c1-7-4-15-13-10(20-21(18)19)2-9-12(11(7)13)8(3-14)5-16(9)6-17;1-8-7-14-12-9(16)6-10-13(2,11(8)12)4-5-15(10)3;1-6-2-7(3-6,4-6)5-8/h2,4,6,8,15,18-19H,3,5H2,1H3;6-7,14H,4-5H2,1-3H3;5H,2-4H2,1H3/t8-;;/m1../s1. The smallest absolute Gasteiger partial charge is 0.391 e. The van der Waals surface area contributed by atoms with Crippen molar-refractivity contribution < 1.29 is 28.7 Å². The lowest BCUT2D eigenvalue weighted by Crippen LogP contribution is -2.60. The van der Waals surface area contributed by atoms with Crippen molar-refractivity contribution in [2.45, 2.75) is 64.7 Å². The molecule has 4 heterocycles. The van der Waals surface area contributed by atoms with E-state index in [0.717, 1.165) is 47.9 Å². The molecular weight excluding hydrogens is 615 g/mol. The van der Waals surface area contributed by atoms with Gasteiger partial charge in [0.15, 0.2) is 5.75 Å². The summed E-state index contributed by atoms with van der Waals surface area (Å²) in [6.07, 6.45) is 12.1. The van der Waals surface area contributed by atoms with Crippen LogP contribution in [0, 0.1) is 24.7 Å². The predicted octanol–water partition coefficient (Wildman–Crippen LogP) is 5.74. The molecule has 10 nitrogen and oxygen atoms in total. The zero-order chi connectivity index (χ0) is 32.5. The number of carbonyl (C=O) groups is 3. The summed E-state index contributed by atoms with van der Waals surface area (Å²) in [6, 6.07) is 1.65. The van der Waals surface area contributed by atoms with Crippen molar-refractivity contribution >= 4 is 55.3 Å². The van der Waals surface area contributed by atoms with Crippen LogP contribution < -0.4 is 9.42 Å². The highest BCUT2D eigenvalue weighted by Crippen LogP contribution is 2.71. The van der Waals surface area contributed by atoms with Gasteiger partial charge < -0.3 is 38.9 Å². The molecule has 9 rings (SSSR count). The van der Waals surface area contributed by atoms with Crippen LogP contribution in [-0.2, 0) is 15.0 Å². The molecule has 0 radical (unpaired) electrons. The van der Waals surface area contributed by atoms with Gasteiger partial charge in [0.1, 0.15) is 6.29 Å². The maximum atomic E-state index is 12.0. The first-order chi connectivity index (χ1) is 21.3. The summed E-state index contributed by atoms with van der Waals surface area (Å²) < 4.78 is 5.10. The maximum absolute atomic E-state index is 12.0. The van der Waals surface area contributed by atoms with E-state index in [1.165, 1.54) is 36.1 Å². The molecule has 2 aromatic heterocycles. The monoisotopic (exact) mass is 654 g/mol. The SMILES string of the molecule is CC12CC(C=O)(C1)C2.Cc1c[nH]c2c(OP(O)O)cc3c(c12)[C@H](CCl)CN3C=O.Cc1c[nH]c2c1C1(C)CCN(C)C1=CC2=O. The van der Waals surface area contributed by atoms with Gasteiger partial charge >= 0.3 is 8.60 Å². The number of halogens is 1. The second-order valence-electron chi connectivity index (χ2n) is 13.9. The topological polar surface area (TPSA) is 139 Å². The number of alkyl halides is 1. The molecule has 4 fully saturated rings. The van der Waals surface area contributed by atoms with Crippen LogP contribution in [0.25, 0.3) is 10.9 Å². The Hall–Kier alpha value is -3.17. The number of ketones is 1. The third-order valence-corrected chi connectivity index (χ3v) is 11.2. The van der Waals surface area contributed by atoms with Gasteiger partial charge in [-0.15, -0.1) is 11.6 Å². The number of H-pyrrole nitrogens is 2. The van der Waals surface area contributed by atoms with E-state index in [1.807, 2.05) is 19.3 Å². The minimum Gasteiger partial charge on any atom is -0.425 e. The van der Waals surface area contributed by atoms with Crippen LogP contribution in [0.5, 0.6) is 5.75 Å². The van der Waals surface area contributed by atoms with E-state index in [-0.39, 0.29) is 22.5 Å². The maximum Gasteiger partial charge on any atom is 0.391 e. The zero-order valence-corrected chi connectivity index (χ0v) is 27.9. The number of nitrogens with one attached hydrogen (secondary N) is 2. The first-order valence-electron chi connectivity index (χ1n) is 15.2. The van der Waals surface area contributed by atoms with Gasteiger partial charge in [-0.05, 0) is 74.1 Å². The van der Waals surface area contributed by atoms with E-state index >= 15 is 0 Å². The molecule has 6 aliphatic rings. The lowest BCUT2D eigenvalue weighted by atomic mass is 9.36. The van der Waals surface area contributed by atoms with Crippen molar-refractivity contribution in [3.05, 3.63) is 58.2 Å². The van der Waals surface area contributed by atoms with Crippen LogP contribution in [0.1, 0.15) is 78.2 Å². The number of carbonyl (C=O) groups excluding carboxylic acids is 3. The Morgan fingerprint density at radius 1 is 1.13 bits per heavy atom. The summed E-state index contributed by atoms with van der Waals surface area (Å²) in [5.74, 6) is 0.881. The van der Waals surface area contributed by atoms with Crippen LogP contribution in [0.4, 0.5) is 5.69 Å². The lowest BCUT2D eigenvalue weighted by Gasteiger charge is -2.67. The van der Waals surface area contributed by atoms with Crippen LogP contribution in [-0.4, -0.2) is 69.2 Å². The molecule has 45 heavy (non-hydrogen) atoms. The highest BCUT2D eigenvalue weighted by Gasteiger charge is 2.64. The van der Waals surface area contributed by atoms with E-state index < -0.39 is 8.60 Å². The molecule has 0 spiro atoms. The Morgan fingerprint density at radius 2 is 1.82 bits per heavy atom. The molecule has 12 heteroatoms. The van der Waals surface area contributed by atoms with Gasteiger partial charge in [-0.25, -0.2) is 0 Å². The number of allylic oxidation sites excluding steroid dienone is 2. The fraction of sp³-hybridized carbons (Fsp3) is 0.485. The predicted molar refractivity (Wildman–Crippen MR) is 175 cm³/mol. The van der Waals surface area contributed by atoms with E-state index in [1.54, 1.807) is 17.0 Å².